The number of aryl methyl sites for hydroxylation is 1. The lowest BCUT2D eigenvalue weighted by Gasteiger charge is -2.20. The molecule has 0 spiro atoms. The molecular weight excluding hydrogens is 460 g/mol. The van der Waals surface area contributed by atoms with Gasteiger partial charge >= 0.3 is 5.97 Å². The fraction of sp³-hybridized carbons (Fsp3) is 0.500. The first kappa shape index (κ1) is 23.9. The van der Waals surface area contributed by atoms with Crippen LogP contribution in [0.4, 0.5) is 5.00 Å². The molecule has 1 aliphatic carbocycles. The smallest absolute Gasteiger partial charge is 0.341 e. The number of rotatable bonds is 5. The Balaban J connectivity index is 1.54. The van der Waals surface area contributed by atoms with Crippen LogP contribution in [-0.4, -0.2) is 44.8 Å². The van der Waals surface area contributed by atoms with Gasteiger partial charge in [0.15, 0.2) is 0 Å². The summed E-state index contributed by atoms with van der Waals surface area (Å²) in [6.07, 6.45) is 8.72. The second-order valence-electron chi connectivity index (χ2n) is 8.56. The van der Waals surface area contributed by atoms with Crippen molar-refractivity contribution in [3.63, 3.8) is 0 Å². The van der Waals surface area contributed by atoms with Crippen LogP contribution in [0.1, 0.15) is 76.1 Å². The fourth-order valence-corrected chi connectivity index (χ4v) is 7.32. The molecule has 1 aliphatic heterocycles. The maximum Gasteiger partial charge on any atom is 0.341 e. The minimum absolute atomic E-state index is 0.194. The minimum atomic E-state index is -3.57. The first-order chi connectivity index (χ1) is 15.9. The van der Waals surface area contributed by atoms with E-state index in [2.05, 4.69) is 5.32 Å². The molecule has 1 aromatic carbocycles. The van der Waals surface area contributed by atoms with E-state index in [9.17, 15) is 18.0 Å². The van der Waals surface area contributed by atoms with Crippen molar-refractivity contribution >= 4 is 38.2 Å². The first-order valence-electron chi connectivity index (χ1n) is 11.6. The Morgan fingerprint density at radius 2 is 1.58 bits per heavy atom. The number of methoxy groups -OCH3 is 1. The van der Waals surface area contributed by atoms with Gasteiger partial charge < -0.3 is 10.1 Å². The number of carbonyl (C=O) groups excluding carboxylic acids is 2. The van der Waals surface area contributed by atoms with Crippen LogP contribution < -0.4 is 5.32 Å². The van der Waals surface area contributed by atoms with Gasteiger partial charge in [-0.2, -0.15) is 4.31 Å². The summed E-state index contributed by atoms with van der Waals surface area (Å²) < 4.78 is 32.5. The largest absolute Gasteiger partial charge is 0.465 e. The summed E-state index contributed by atoms with van der Waals surface area (Å²) >= 11 is 1.43. The van der Waals surface area contributed by atoms with Crippen molar-refractivity contribution < 1.29 is 22.7 Å². The zero-order valence-corrected chi connectivity index (χ0v) is 20.5. The standard InChI is InChI=1S/C24H30N2O5S2/c1-31-24(28)21-19-9-5-4-6-10-20(19)32-23(21)25-22(27)17-11-13-18(14-12-17)33(29,30)26-15-7-2-3-8-16-26/h11-14H,2-10,15-16H2,1H3,(H,25,27). The van der Waals surface area contributed by atoms with Crippen LogP contribution in [-0.2, 0) is 27.6 Å². The molecule has 0 atom stereocenters. The summed E-state index contributed by atoms with van der Waals surface area (Å²) in [7, 11) is -2.23. The van der Waals surface area contributed by atoms with Crippen molar-refractivity contribution in [1.82, 2.24) is 4.31 Å². The second kappa shape index (κ2) is 10.4. The molecule has 9 heteroatoms. The van der Waals surface area contributed by atoms with Crippen LogP contribution in [0.3, 0.4) is 0 Å². The number of thiophene rings is 1. The SMILES string of the molecule is COC(=O)c1c(NC(=O)c2ccc(S(=O)(=O)N3CCCCCC3)cc2)sc2c1CCCCC2. The Hall–Kier alpha value is -2.23. The number of fused-ring (bicyclic) bond motifs is 1. The maximum atomic E-state index is 13.0. The highest BCUT2D eigenvalue weighted by atomic mass is 32.2. The Morgan fingerprint density at radius 1 is 0.939 bits per heavy atom. The van der Waals surface area contributed by atoms with Crippen LogP contribution >= 0.6 is 11.3 Å². The number of hydrogen-bond donors (Lipinski definition) is 1. The van der Waals surface area contributed by atoms with Gasteiger partial charge in [-0.3, -0.25) is 4.79 Å². The molecule has 0 unspecified atom stereocenters. The Morgan fingerprint density at radius 3 is 2.24 bits per heavy atom. The quantitative estimate of drug-likeness (QED) is 0.488. The molecule has 0 bridgehead atoms. The number of hydrogen-bond acceptors (Lipinski definition) is 6. The molecule has 7 nitrogen and oxygen atoms in total. The van der Waals surface area contributed by atoms with Crippen molar-refractivity contribution in [3.8, 4) is 0 Å². The molecule has 4 rings (SSSR count). The molecule has 2 aromatic rings. The zero-order chi connectivity index (χ0) is 23.4. The van der Waals surface area contributed by atoms with Gasteiger partial charge in [-0.15, -0.1) is 11.3 Å². The van der Waals surface area contributed by atoms with Gasteiger partial charge in [0.25, 0.3) is 5.91 Å². The van der Waals surface area contributed by atoms with Gasteiger partial charge in [-0.05, 0) is 68.4 Å². The number of anilines is 1. The number of carbonyl (C=O) groups is 2. The van der Waals surface area contributed by atoms with E-state index in [4.69, 9.17) is 4.74 Å². The molecule has 2 aliphatic rings. The van der Waals surface area contributed by atoms with E-state index in [-0.39, 0.29) is 10.8 Å². The minimum Gasteiger partial charge on any atom is -0.465 e. The van der Waals surface area contributed by atoms with E-state index in [0.717, 1.165) is 68.2 Å². The number of ether oxygens (including phenoxy) is 1. The summed E-state index contributed by atoms with van der Waals surface area (Å²) in [4.78, 5) is 26.8. The van der Waals surface area contributed by atoms with E-state index in [1.54, 1.807) is 0 Å². The van der Waals surface area contributed by atoms with Crippen molar-refractivity contribution in [1.29, 1.82) is 0 Å². The monoisotopic (exact) mass is 490 g/mol. The molecule has 33 heavy (non-hydrogen) atoms. The number of amides is 1. The summed E-state index contributed by atoms with van der Waals surface area (Å²) in [5.74, 6) is -0.820. The Bertz CT molecular complexity index is 1110. The third-order valence-electron chi connectivity index (χ3n) is 6.36. The van der Waals surface area contributed by atoms with Crippen LogP contribution in [0.25, 0.3) is 0 Å². The van der Waals surface area contributed by atoms with Crippen molar-refractivity contribution in [3.05, 3.63) is 45.8 Å². The highest BCUT2D eigenvalue weighted by Crippen LogP contribution is 2.38. The lowest BCUT2D eigenvalue weighted by molar-refractivity contribution is 0.0601. The van der Waals surface area contributed by atoms with Gasteiger partial charge in [-0.25, -0.2) is 13.2 Å². The lowest BCUT2D eigenvalue weighted by Crippen LogP contribution is -2.31. The van der Waals surface area contributed by atoms with Crippen LogP contribution in [0.2, 0.25) is 0 Å². The molecule has 1 saturated heterocycles. The summed E-state index contributed by atoms with van der Waals surface area (Å²) in [5.41, 5.74) is 1.77. The summed E-state index contributed by atoms with van der Waals surface area (Å²) in [6, 6.07) is 6.02. The lowest BCUT2D eigenvalue weighted by atomic mass is 10.1. The summed E-state index contributed by atoms with van der Waals surface area (Å²) in [5, 5.41) is 3.37. The van der Waals surface area contributed by atoms with Crippen molar-refractivity contribution in [2.24, 2.45) is 0 Å². The third kappa shape index (κ3) is 5.15. The second-order valence-corrected chi connectivity index (χ2v) is 11.6. The molecule has 2 heterocycles. The van der Waals surface area contributed by atoms with E-state index in [1.165, 1.54) is 47.0 Å². The molecule has 0 saturated carbocycles. The topological polar surface area (TPSA) is 92.8 Å². The zero-order valence-electron chi connectivity index (χ0n) is 18.9. The number of sulfonamides is 1. The van der Waals surface area contributed by atoms with E-state index >= 15 is 0 Å². The van der Waals surface area contributed by atoms with Crippen molar-refractivity contribution in [2.45, 2.75) is 62.7 Å². The molecular formula is C24H30N2O5S2. The Kier molecular flexibility index (Phi) is 7.51. The summed E-state index contributed by atoms with van der Waals surface area (Å²) in [6.45, 7) is 1.06. The Labute approximate surface area is 199 Å². The molecule has 1 N–H and O–H groups in total. The maximum absolute atomic E-state index is 13.0. The van der Waals surface area contributed by atoms with Crippen molar-refractivity contribution in [2.75, 3.05) is 25.5 Å². The molecule has 1 fully saturated rings. The van der Waals surface area contributed by atoms with Gasteiger partial charge in [0, 0.05) is 23.5 Å². The molecule has 1 amide bonds. The number of benzene rings is 1. The van der Waals surface area contributed by atoms with Crippen LogP contribution in [0, 0.1) is 0 Å². The number of nitrogens with one attached hydrogen (secondary N) is 1. The van der Waals surface area contributed by atoms with E-state index in [0.29, 0.717) is 29.2 Å². The first-order valence-corrected chi connectivity index (χ1v) is 13.8. The van der Waals surface area contributed by atoms with Gasteiger partial charge in [0.1, 0.15) is 5.00 Å². The molecule has 0 radical (unpaired) electrons. The third-order valence-corrected chi connectivity index (χ3v) is 9.48. The molecule has 1 aromatic heterocycles. The molecule has 178 valence electrons. The van der Waals surface area contributed by atoms with E-state index < -0.39 is 16.0 Å². The predicted octanol–water partition coefficient (Wildman–Crippen LogP) is 4.62. The van der Waals surface area contributed by atoms with Crippen LogP contribution in [0.5, 0.6) is 0 Å². The average molecular weight is 491 g/mol. The van der Waals surface area contributed by atoms with E-state index in [1.807, 2.05) is 0 Å². The van der Waals surface area contributed by atoms with Gasteiger partial charge in [0.2, 0.25) is 10.0 Å². The average Bonchev–Trinajstić information content (AvgIpc) is 3.04. The van der Waals surface area contributed by atoms with Gasteiger partial charge in [-0.1, -0.05) is 19.3 Å². The highest BCUT2D eigenvalue weighted by molar-refractivity contribution is 7.89. The number of esters is 1. The number of nitrogens with zero attached hydrogens (tertiary/aromatic N) is 1. The highest BCUT2D eigenvalue weighted by Gasteiger charge is 2.28. The fourth-order valence-electron chi connectivity index (χ4n) is 4.53. The van der Waals surface area contributed by atoms with Gasteiger partial charge in [0.05, 0.1) is 17.6 Å². The predicted molar refractivity (Wildman–Crippen MR) is 129 cm³/mol. The normalized spacial score (nSPS) is 17.5. The van der Waals surface area contributed by atoms with Crippen LogP contribution in [0.15, 0.2) is 29.2 Å².